The molecule has 12 heavy (non-hydrogen) atoms. The van der Waals surface area contributed by atoms with Crippen LogP contribution in [0.15, 0.2) is 28.5 Å². The lowest BCUT2D eigenvalue weighted by Crippen LogP contribution is -2.24. The highest BCUT2D eigenvalue weighted by Gasteiger charge is 2.10. The Hall–Kier alpha value is -1.25. The van der Waals surface area contributed by atoms with Crippen molar-refractivity contribution in [2.75, 3.05) is 0 Å². The zero-order chi connectivity index (χ0) is 9.14. The van der Waals surface area contributed by atoms with E-state index in [-0.39, 0.29) is 0 Å². The van der Waals surface area contributed by atoms with Gasteiger partial charge in [-0.3, -0.25) is 0 Å². The highest BCUT2D eigenvalue weighted by molar-refractivity contribution is 5.97. The Labute approximate surface area is 72.8 Å². The average molecular weight is 165 g/mol. The zero-order valence-electron chi connectivity index (χ0n) is 7.54. The van der Waals surface area contributed by atoms with Gasteiger partial charge in [0.2, 0.25) is 0 Å². The minimum Gasteiger partial charge on any atom is -0.396 e. The van der Waals surface area contributed by atoms with E-state index < -0.39 is 0 Å². The summed E-state index contributed by atoms with van der Waals surface area (Å²) in [6, 6.07) is 0. The molecule has 0 fully saturated rings. The smallest absolute Gasteiger partial charge is 0.146 e. The van der Waals surface area contributed by atoms with Gasteiger partial charge in [0.05, 0.1) is 5.70 Å². The Morgan fingerprint density at radius 2 is 2.17 bits per heavy atom. The Morgan fingerprint density at radius 1 is 1.50 bits per heavy atom. The molecule has 0 bridgehead atoms. The van der Waals surface area contributed by atoms with Crippen molar-refractivity contribution < 1.29 is 0 Å². The van der Waals surface area contributed by atoms with E-state index in [0.29, 0.717) is 17.5 Å². The lowest BCUT2D eigenvalue weighted by atomic mass is 9.96. The molecule has 3 heteroatoms. The van der Waals surface area contributed by atoms with Gasteiger partial charge in [0.15, 0.2) is 0 Å². The molecule has 0 saturated carbocycles. The molecule has 0 aromatic carbocycles. The van der Waals surface area contributed by atoms with Crippen molar-refractivity contribution in [1.29, 1.82) is 0 Å². The van der Waals surface area contributed by atoms with Crippen molar-refractivity contribution in [2.24, 2.45) is 22.4 Å². The molecule has 0 spiro atoms. The fourth-order valence-corrected chi connectivity index (χ4v) is 1.11. The fraction of sp³-hybridized carbons (Fsp3) is 0.444. The third-order valence-electron chi connectivity index (χ3n) is 2.25. The SMILES string of the molecule is C/C1=C(N)/C(N)=N/C=C/CC1C. The van der Waals surface area contributed by atoms with E-state index in [9.17, 15) is 0 Å². The van der Waals surface area contributed by atoms with Gasteiger partial charge in [-0.05, 0) is 24.8 Å². The van der Waals surface area contributed by atoms with E-state index >= 15 is 0 Å². The number of allylic oxidation sites excluding steroid dienone is 2. The Balaban J connectivity index is 3.05. The van der Waals surface area contributed by atoms with Crippen molar-refractivity contribution in [2.45, 2.75) is 20.3 Å². The third kappa shape index (κ3) is 1.67. The molecule has 4 N–H and O–H groups in total. The van der Waals surface area contributed by atoms with Gasteiger partial charge in [-0.1, -0.05) is 13.0 Å². The molecule has 0 saturated heterocycles. The van der Waals surface area contributed by atoms with Crippen molar-refractivity contribution in [3.05, 3.63) is 23.5 Å². The van der Waals surface area contributed by atoms with Gasteiger partial charge in [-0.25, -0.2) is 4.99 Å². The van der Waals surface area contributed by atoms with Crippen molar-refractivity contribution in [3.63, 3.8) is 0 Å². The summed E-state index contributed by atoms with van der Waals surface area (Å²) in [5.41, 5.74) is 13.1. The van der Waals surface area contributed by atoms with Crippen molar-refractivity contribution in [1.82, 2.24) is 0 Å². The molecule has 66 valence electrons. The second-order valence-electron chi connectivity index (χ2n) is 3.13. The van der Waals surface area contributed by atoms with Crippen LogP contribution in [0.4, 0.5) is 0 Å². The number of aliphatic imine (C=N–C) groups is 1. The topological polar surface area (TPSA) is 64.4 Å². The van der Waals surface area contributed by atoms with Crippen LogP contribution < -0.4 is 11.5 Å². The molecular formula is C9H15N3. The maximum atomic E-state index is 5.77. The molecule has 3 nitrogen and oxygen atoms in total. The Bertz CT molecular complexity index is 261. The summed E-state index contributed by atoms with van der Waals surface area (Å²) in [7, 11) is 0. The van der Waals surface area contributed by atoms with Crippen LogP contribution in [0.5, 0.6) is 0 Å². The predicted octanol–water partition coefficient (Wildman–Crippen LogP) is 1.13. The van der Waals surface area contributed by atoms with Gasteiger partial charge in [-0.15, -0.1) is 0 Å². The first-order chi connectivity index (χ1) is 5.63. The van der Waals surface area contributed by atoms with Crippen LogP contribution in [0.2, 0.25) is 0 Å². The summed E-state index contributed by atoms with van der Waals surface area (Å²) in [5, 5.41) is 0. The number of rotatable bonds is 0. The fourth-order valence-electron chi connectivity index (χ4n) is 1.11. The van der Waals surface area contributed by atoms with Crippen LogP contribution >= 0.6 is 0 Å². The standard InChI is InChI=1S/C9H15N3/c1-6-4-3-5-12-9(11)8(10)7(6)2/h3,5-6H,4,10H2,1-2H3,(H2,11,12)/b5-3+,8-7+. The summed E-state index contributed by atoms with van der Waals surface area (Å²) >= 11 is 0. The molecule has 1 aliphatic heterocycles. The number of hydrogen-bond acceptors (Lipinski definition) is 3. The molecule has 0 amide bonds. The summed E-state index contributed by atoms with van der Waals surface area (Å²) in [4.78, 5) is 3.98. The van der Waals surface area contributed by atoms with Crippen LogP contribution in [0.1, 0.15) is 20.3 Å². The molecule has 0 aromatic heterocycles. The second-order valence-corrected chi connectivity index (χ2v) is 3.13. The molecule has 1 heterocycles. The molecule has 0 aromatic rings. The minimum atomic E-state index is 0.426. The molecular weight excluding hydrogens is 150 g/mol. The highest BCUT2D eigenvalue weighted by atomic mass is 14.9. The summed E-state index contributed by atoms with van der Waals surface area (Å²) in [6.07, 6.45) is 4.70. The van der Waals surface area contributed by atoms with Gasteiger partial charge in [-0.2, -0.15) is 0 Å². The first-order valence-corrected chi connectivity index (χ1v) is 4.08. The van der Waals surface area contributed by atoms with E-state index in [4.69, 9.17) is 11.5 Å². The predicted molar refractivity (Wildman–Crippen MR) is 51.4 cm³/mol. The molecule has 1 rings (SSSR count). The number of amidine groups is 1. The maximum Gasteiger partial charge on any atom is 0.146 e. The molecule has 1 atom stereocenters. The maximum absolute atomic E-state index is 5.77. The second kappa shape index (κ2) is 3.43. The summed E-state index contributed by atoms with van der Waals surface area (Å²) in [6.45, 7) is 4.13. The van der Waals surface area contributed by atoms with Crippen LogP contribution in [-0.4, -0.2) is 5.84 Å². The average Bonchev–Trinajstić information content (AvgIpc) is 2.07. The molecule has 0 aliphatic carbocycles. The van der Waals surface area contributed by atoms with Gasteiger partial charge < -0.3 is 11.5 Å². The highest BCUT2D eigenvalue weighted by Crippen LogP contribution is 2.17. The van der Waals surface area contributed by atoms with E-state index in [0.717, 1.165) is 12.0 Å². The minimum absolute atomic E-state index is 0.426. The Morgan fingerprint density at radius 3 is 2.83 bits per heavy atom. The quantitative estimate of drug-likeness (QED) is 0.565. The van der Waals surface area contributed by atoms with E-state index in [1.807, 2.05) is 13.0 Å². The van der Waals surface area contributed by atoms with Gasteiger partial charge in [0.1, 0.15) is 5.84 Å². The lowest BCUT2D eigenvalue weighted by molar-refractivity contribution is 0.686. The first kappa shape index (κ1) is 8.84. The van der Waals surface area contributed by atoms with Crippen LogP contribution in [0.25, 0.3) is 0 Å². The van der Waals surface area contributed by atoms with Crippen molar-refractivity contribution >= 4 is 5.84 Å². The number of hydrogen-bond donors (Lipinski definition) is 2. The van der Waals surface area contributed by atoms with Crippen LogP contribution in [0, 0.1) is 5.92 Å². The normalized spacial score (nSPS) is 37.8. The zero-order valence-corrected chi connectivity index (χ0v) is 7.54. The number of nitrogens with zero attached hydrogens (tertiary/aromatic N) is 1. The summed E-state index contributed by atoms with van der Waals surface area (Å²) < 4.78 is 0. The summed E-state index contributed by atoms with van der Waals surface area (Å²) in [5.74, 6) is 0.880. The van der Waals surface area contributed by atoms with E-state index in [1.165, 1.54) is 0 Å². The van der Waals surface area contributed by atoms with Crippen molar-refractivity contribution in [3.8, 4) is 0 Å². The molecule has 0 radical (unpaired) electrons. The van der Waals surface area contributed by atoms with E-state index in [1.54, 1.807) is 6.20 Å². The first-order valence-electron chi connectivity index (χ1n) is 4.08. The third-order valence-corrected chi connectivity index (χ3v) is 2.25. The number of nitrogens with two attached hydrogens (primary N) is 2. The largest absolute Gasteiger partial charge is 0.396 e. The van der Waals surface area contributed by atoms with Crippen LogP contribution in [-0.2, 0) is 0 Å². The molecule has 1 aliphatic rings. The molecule has 1 unspecified atom stereocenters. The monoisotopic (exact) mass is 165 g/mol. The van der Waals surface area contributed by atoms with Gasteiger partial charge in [0.25, 0.3) is 0 Å². The lowest BCUT2D eigenvalue weighted by Gasteiger charge is -2.14. The van der Waals surface area contributed by atoms with E-state index in [2.05, 4.69) is 11.9 Å². The van der Waals surface area contributed by atoms with Gasteiger partial charge in [0, 0.05) is 6.20 Å². The Kier molecular flexibility index (Phi) is 2.53. The van der Waals surface area contributed by atoms with Crippen LogP contribution in [0.3, 0.4) is 0 Å². The van der Waals surface area contributed by atoms with Gasteiger partial charge >= 0.3 is 0 Å².